The fourth-order valence-electron chi connectivity index (χ4n) is 1.96. The van der Waals surface area contributed by atoms with Gasteiger partial charge in [0, 0.05) is 12.0 Å². The first-order valence-corrected chi connectivity index (χ1v) is 5.06. The van der Waals surface area contributed by atoms with Gasteiger partial charge in [-0.15, -0.1) is 0 Å². The van der Waals surface area contributed by atoms with Crippen LogP contribution in [0, 0.1) is 0 Å². The summed E-state index contributed by atoms with van der Waals surface area (Å²) in [4.78, 5) is 11.0. The fourth-order valence-corrected chi connectivity index (χ4v) is 1.96. The van der Waals surface area contributed by atoms with Crippen molar-refractivity contribution in [2.45, 2.75) is 25.9 Å². The first kappa shape index (κ1) is 10.8. The van der Waals surface area contributed by atoms with E-state index in [9.17, 15) is 4.79 Å². The molecular formula is C12H14O4. The van der Waals surface area contributed by atoms with Gasteiger partial charge in [0.05, 0.1) is 7.11 Å². The molecule has 1 heterocycles. The maximum Gasteiger partial charge on any atom is 0.339 e. The number of benzene rings is 1. The van der Waals surface area contributed by atoms with E-state index < -0.39 is 5.97 Å². The second-order valence-corrected chi connectivity index (χ2v) is 4.50. The van der Waals surface area contributed by atoms with E-state index in [4.69, 9.17) is 14.6 Å². The van der Waals surface area contributed by atoms with Gasteiger partial charge in [-0.3, -0.25) is 0 Å². The van der Waals surface area contributed by atoms with E-state index in [0.717, 1.165) is 12.0 Å². The number of carboxylic acid groups (broad SMARTS) is 1. The van der Waals surface area contributed by atoms with E-state index in [1.165, 1.54) is 13.2 Å². The minimum absolute atomic E-state index is 0.138. The monoisotopic (exact) mass is 222 g/mol. The van der Waals surface area contributed by atoms with Gasteiger partial charge in [0.2, 0.25) is 0 Å². The summed E-state index contributed by atoms with van der Waals surface area (Å²) in [7, 11) is 1.47. The number of ether oxygens (including phenoxy) is 2. The molecule has 0 atom stereocenters. The summed E-state index contributed by atoms with van der Waals surface area (Å²) < 4.78 is 10.7. The van der Waals surface area contributed by atoms with Crippen molar-refractivity contribution in [3.05, 3.63) is 23.3 Å². The largest absolute Gasteiger partial charge is 0.496 e. The first-order chi connectivity index (χ1) is 7.43. The molecule has 1 aromatic rings. The van der Waals surface area contributed by atoms with Gasteiger partial charge in [-0.25, -0.2) is 4.79 Å². The van der Waals surface area contributed by atoms with Crippen LogP contribution in [0.25, 0.3) is 0 Å². The number of aromatic carboxylic acids is 1. The summed E-state index contributed by atoms with van der Waals surface area (Å²) in [5.41, 5.74) is 0.857. The number of carbonyl (C=O) groups is 1. The van der Waals surface area contributed by atoms with Crippen LogP contribution in [0.15, 0.2) is 12.1 Å². The van der Waals surface area contributed by atoms with Gasteiger partial charge in [0.25, 0.3) is 0 Å². The molecule has 1 N–H and O–H groups in total. The molecule has 0 unspecified atom stereocenters. The first-order valence-electron chi connectivity index (χ1n) is 5.06. The van der Waals surface area contributed by atoms with Gasteiger partial charge in [-0.1, -0.05) is 0 Å². The van der Waals surface area contributed by atoms with Gasteiger partial charge < -0.3 is 14.6 Å². The molecule has 4 nitrogen and oxygen atoms in total. The Labute approximate surface area is 93.8 Å². The minimum atomic E-state index is -1.01. The van der Waals surface area contributed by atoms with Crippen molar-refractivity contribution >= 4 is 5.97 Å². The maximum absolute atomic E-state index is 11.0. The Balaban J connectivity index is 2.51. The van der Waals surface area contributed by atoms with Crippen molar-refractivity contribution < 1.29 is 19.4 Å². The molecule has 1 aromatic carbocycles. The summed E-state index contributed by atoms with van der Waals surface area (Å²) in [5, 5.41) is 9.02. The molecular weight excluding hydrogens is 208 g/mol. The number of methoxy groups -OCH3 is 1. The summed E-state index contributed by atoms with van der Waals surface area (Å²) in [6.45, 7) is 3.94. The minimum Gasteiger partial charge on any atom is -0.496 e. The van der Waals surface area contributed by atoms with Crippen LogP contribution in [0.2, 0.25) is 0 Å². The van der Waals surface area contributed by atoms with Gasteiger partial charge in [0.15, 0.2) is 0 Å². The zero-order valence-electron chi connectivity index (χ0n) is 9.53. The normalized spacial score (nSPS) is 16.4. The van der Waals surface area contributed by atoms with Crippen LogP contribution < -0.4 is 9.47 Å². The van der Waals surface area contributed by atoms with E-state index in [1.807, 2.05) is 13.8 Å². The molecule has 1 aliphatic heterocycles. The Bertz CT molecular complexity index is 449. The highest BCUT2D eigenvalue weighted by Gasteiger charge is 2.31. The predicted octanol–water partition coefficient (Wildman–Crippen LogP) is 2.11. The number of rotatable bonds is 2. The van der Waals surface area contributed by atoms with E-state index in [2.05, 4.69) is 0 Å². The van der Waals surface area contributed by atoms with Crippen LogP contribution in [0.4, 0.5) is 0 Å². The number of fused-ring (bicyclic) bond motifs is 1. The van der Waals surface area contributed by atoms with Gasteiger partial charge in [-0.05, 0) is 26.0 Å². The topological polar surface area (TPSA) is 55.8 Å². The third kappa shape index (κ3) is 1.71. The van der Waals surface area contributed by atoms with Crippen molar-refractivity contribution in [2.75, 3.05) is 7.11 Å². The molecule has 4 heteroatoms. The zero-order valence-corrected chi connectivity index (χ0v) is 9.53. The molecule has 16 heavy (non-hydrogen) atoms. The van der Waals surface area contributed by atoms with Crippen molar-refractivity contribution in [3.8, 4) is 11.5 Å². The van der Waals surface area contributed by atoms with Crippen LogP contribution in [-0.4, -0.2) is 23.8 Å². The highest BCUT2D eigenvalue weighted by atomic mass is 16.5. The highest BCUT2D eigenvalue weighted by molar-refractivity contribution is 5.91. The van der Waals surface area contributed by atoms with Crippen molar-refractivity contribution in [1.82, 2.24) is 0 Å². The van der Waals surface area contributed by atoms with E-state index in [-0.39, 0.29) is 11.2 Å². The molecule has 0 aliphatic carbocycles. The molecule has 0 bridgehead atoms. The fraction of sp³-hybridized carbons (Fsp3) is 0.417. The average molecular weight is 222 g/mol. The molecule has 0 radical (unpaired) electrons. The third-order valence-corrected chi connectivity index (χ3v) is 2.62. The molecule has 0 saturated carbocycles. The summed E-state index contributed by atoms with van der Waals surface area (Å²) in [5.74, 6) is 0.0173. The predicted molar refractivity (Wildman–Crippen MR) is 58.4 cm³/mol. The van der Waals surface area contributed by atoms with Crippen LogP contribution in [0.1, 0.15) is 29.8 Å². The van der Waals surface area contributed by atoms with E-state index >= 15 is 0 Å². The van der Waals surface area contributed by atoms with Crippen LogP contribution >= 0.6 is 0 Å². The molecule has 0 aromatic heterocycles. The summed E-state index contributed by atoms with van der Waals surface area (Å²) >= 11 is 0. The number of hydrogen-bond donors (Lipinski definition) is 1. The second kappa shape index (κ2) is 3.40. The Hall–Kier alpha value is -1.71. The van der Waals surface area contributed by atoms with Crippen molar-refractivity contribution in [3.63, 3.8) is 0 Å². The summed E-state index contributed by atoms with van der Waals surface area (Å²) in [6, 6.07) is 3.28. The van der Waals surface area contributed by atoms with Crippen molar-refractivity contribution in [2.24, 2.45) is 0 Å². The maximum atomic E-state index is 11.0. The van der Waals surface area contributed by atoms with Gasteiger partial charge in [-0.2, -0.15) is 0 Å². The number of carboxylic acids is 1. The smallest absolute Gasteiger partial charge is 0.339 e. The van der Waals surface area contributed by atoms with Crippen LogP contribution in [0.5, 0.6) is 11.5 Å². The third-order valence-electron chi connectivity index (χ3n) is 2.62. The average Bonchev–Trinajstić information content (AvgIpc) is 2.48. The molecule has 0 spiro atoms. The second-order valence-electron chi connectivity index (χ2n) is 4.50. The van der Waals surface area contributed by atoms with Gasteiger partial charge in [0.1, 0.15) is 22.7 Å². The molecule has 0 fully saturated rings. The van der Waals surface area contributed by atoms with E-state index in [0.29, 0.717) is 11.5 Å². The standard InChI is InChI=1S/C12H14O4/c1-12(2)6-7-4-10(15-3)8(11(13)14)5-9(7)16-12/h4-5H,6H2,1-3H3,(H,13,14). The lowest BCUT2D eigenvalue weighted by Crippen LogP contribution is -2.24. The van der Waals surface area contributed by atoms with Crippen molar-refractivity contribution in [1.29, 1.82) is 0 Å². The molecule has 0 saturated heterocycles. The Morgan fingerprint density at radius 2 is 2.19 bits per heavy atom. The number of hydrogen-bond acceptors (Lipinski definition) is 3. The Morgan fingerprint density at radius 3 is 2.75 bits per heavy atom. The lowest BCUT2D eigenvalue weighted by atomic mass is 10.0. The highest BCUT2D eigenvalue weighted by Crippen LogP contribution is 2.38. The lowest BCUT2D eigenvalue weighted by Gasteiger charge is -2.16. The lowest BCUT2D eigenvalue weighted by molar-refractivity contribution is 0.0692. The molecule has 0 amide bonds. The Morgan fingerprint density at radius 1 is 1.50 bits per heavy atom. The Kier molecular flexibility index (Phi) is 2.30. The quantitative estimate of drug-likeness (QED) is 0.832. The zero-order chi connectivity index (χ0) is 11.9. The molecule has 86 valence electrons. The van der Waals surface area contributed by atoms with Gasteiger partial charge >= 0.3 is 5.97 Å². The van der Waals surface area contributed by atoms with Crippen LogP contribution in [0.3, 0.4) is 0 Å². The van der Waals surface area contributed by atoms with Crippen LogP contribution in [-0.2, 0) is 6.42 Å². The molecule has 2 rings (SSSR count). The van der Waals surface area contributed by atoms with E-state index in [1.54, 1.807) is 6.07 Å². The summed E-state index contributed by atoms with van der Waals surface area (Å²) in [6.07, 6.45) is 0.762. The molecule has 1 aliphatic rings. The SMILES string of the molecule is COc1cc2c(cc1C(=O)O)OC(C)(C)C2.